The molecular weight excluding hydrogens is 386 g/mol. The zero-order valence-electron chi connectivity index (χ0n) is 17.5. The number of hydrogen-bond donors (Lipinski definition) is 1. The van der Waals surface area contributed by atoms with Crippen molar-refractivity contribution in [2.75, 3.05) is 13.1 Å². The number of benzene rings is 1. The Kier molecular flexibility index (Phi) is 5.22. The van der Waals surface area contributed by atoms with Gasteiger partial charge < -0.3 is 4.90 Å². The predicted octanol–water partition coefficient (Wildman–Crippen LogP) is 4.51. The van der Waals surface area contributed by atoms with Crippen LogP contribution in [0.25, 0.3) is 0 Å². The number of carbonyl (C=O) groups excluding carboxylic acids is 2. The van der Waals surface area contributed by atoms with Gasteiger partial charge in [-0.15, -0.1) is 0 Å². The largest absolute Gasteiger partial charge is 0.339 e. The van der Waals surface area contributed by atoms with E-state index in [0.29, 0.717) is 42.4 Å². The molecule has 156 valence electrons. The molecule has 29 heavy (non-hydrogen) atoms. The average Bonchev–Trinajstić information content (AvgIpc) is 3.05. The van der Waals surface area contributed by atoms with Crippen LogP contribution in [0.3, 0.4) is 0 Å². The van der Waals surface area contributed by atoms with Crippen molar-refractivity contribution in [3.05, 3.63) is 34.9 Å². The van der Waals surface area contributed by atoms with E-state index in [1.807, 2.05) is 4.90 Å². The number of carbonyl (C=O) groups is 2. The smallest absolute Gasteiger partial charge is 0.253 e. The van der Waals surface area contributed by atoms with Crippen LogP contribution in [-0.4, -0.2) is 35.5 Å². The third-order valence-corrected chi connectivity index (χ3v) is 8.31. The Labute approximate surface area is 177 Å². The molecule has 1 aromatic carbocycles. The topological polar surface area (TPSA) is 61.8 Å². The van der Waals surface area contributed by atoms with Crippen molar-refractivity contribution in [1.29, 1.82) is 0 Å². The molecule has 0 spiro atoms. The first-order valence-corrected chi connectivity index (χ1v) is 11.0. The highest BCUT2D eigenvalue weighted by Crippen LogP contribution is 2.63. The van der Waals surface area contributed by atoms with Crippen LogP contribution in [0.1, 0.15) is 63.2 Å². The molecule has 2 aliphatic carbocycles. The molecule has 5 nitrogen and oxygen atoms in total. The molecule has 3 aliphatic rings. The van der Waals surface area contributed by atoms with Crippen LogP contribution in [0.15, 0.2) is 29.4 Å². The molecule has 2 amide bonds. The lowest BCUT2D eigenvalue weighted by Crippen LogP contribution is -2.42. The molecular formula is C23H30ClN3O2. The Morgan fingerprint density at radius 1 is 1.10 bits per heavy atom. The molecule has 0 radical (unpaired) electrons. The minimum absolute atomic E-state index is 0.00194. The van der Waals surface area contributed by atoms with Crippen molar-refractivity contribution < 1.29 is 9.59 Å². The van der Waals surface area contributed by atoms with Crippen LogP contribution in [0.4, 0.5) is 0 Å². The van der Waals surface area contributed by atoms with E-state index >= 15 is 0 Å². The van der Waals surface area contributed by atoms with Gasteiger partial charge in [0.1, 0.15) is 0 Å². The lowest BCUT2D eigenvalue weighted by Gasteiger charge is -2.34. The first-order chi connectivity index (χ1) is 13.7. The van der Waals surface area contributed by atoms with E-state index in [0.717, 1.165) is 18.6 Å². The second-order valence-electron chi connectivity index (χ2n) is 9.60. The fraction of sp³-hybridized carbons (Fsp3) is 0.609. The molecule has 1 heterocycles. The van der Waals surface area contributed by atoms with Crippen LogP contribution >= 0.6 is 11.6 Å². The van der Waals surface area contributed by atoms with Gasteiger partial charge in [-0.25, -0.2) is 5.43 Å². The monoisotopic (exact) mass is 415 g/mol. The highest BCUT2D eigenvalue weighted by molar-refractivity contribution is 6.30. The van der Waals surface area contributed by atoms with E-state index in [1.54, 1.807) is 24.3 Å². The van der Waals surface area contributed by atoms with Gasteiger partial charge in [0, 0.05) is 40.7 Å². The Balaban J connectivity index is 1.32. The highest BCUT2D eigenvalue weighted by atomic mass is 35.5. The van der Waals surface area contributed by atoms with Crippen molar-refractivity contribution >= 4 is 29.1 Å². The maximum absolute atomic E-state index is 12.7. The molecule has 0 unspecified atom stereocenters. The molecule has 3 fully saturated rings. The molecule has 1 saturated heterocycles. The Hall–Kier alpha value is -1.88. The number of hydrogen-bond acceptors (Lipinski definition) is 3. The number of piperidine rings is 1. The van der Waals surface area contributed by atoms with Crippen LogP contribution in [0.5, 0.6) is 0 Å². The van der Waals surface area contributed by atoms with Gasteiger partial charge in [-0.2, -0.15) is 5.10 Å². The summed E-state index contributed by atoms with van der Waals surface area (Å²) in [5, 5.41) is 5.20. The van der Waals surface area contributed by atoms with Gasteiger partial charge in [-0.05, 0) is 67.7 Å². The summed E-state index contributed by atoms with van der Waals surface area (Å²) in [4.78, 5) is 27.1. The fourth-order valence-electron chi connectivity index (χ4n) is 5.43. The Morgan fingerprint density at radius 3 is 2.31 bits per heavy atom. The second-order valence-corrected chi connectivity index (χ2v) is 10.0. The van der Waals surface area contributed by atoms with E-state index in [9.17, 15) is 9.59 Å². The highest BCUT2D eigenvalue weighted by Gasteiger charge is 2.60. The van der Waals surface area contributed by atoms with Crippen LogP contribution in [0.2, 0.25) is 5.02 Å². The van der Waals surface area contributed by atoms with Crippen LogP contribution in [-0.2, 0) is 4.79 Å². The van der Waals surface area contributed by atoms with Crippen molar-refractivity contribution in [1.82, 2.24) is 10.3 Å². The molecule has 1 aliphatic heterocycles. The van der Waals surface area contributed by atoms with Gasteiger partial charge in [-0.3, -0.25) is 9.59 Å². The van der Waals surface area contributed by atoms with Crippen molar-refractivity contribution in [2.45, 2.75) is 52.9 Å². The predicted molar refractivity (Wildman–Crippen MR) is 115 cm³/mol. The van der Waals surface area contributed by atoms with Crippen LogP contribution in [0, 0.1) is 22.7 Å². The van der Waals surface area contributed by atoms with E-state index in [4.69, 9.17) is 11.6 Å². The summed E-state index contributed by atoms with van der Waals surface area (Å²) in [6, 6.07) is 6.95. The summed E-state index contributed by atoms with van der Waals surface area (Å²) >= 11 is 5.90. The van der Waals surface area contributed by atoms with Gasteiger partial charge in [0.05, 0.1) is 0 Å². The molecule has 2 saturated carbocycles. The molecule has 1 aromatic rings. The second kappa shape index (κ2) is 7.42. The average molecular weight is 416 g/mol. The summed E-state index contributed by atoms with van der Waals surface area (Å²) < 4.78 is 0. The number of rotatable bonds is 3. The number of hydrazone groups is 1. The lowest BCUT2D eigenvalue weighted by molar-refractivity contribution is -0.126. The van der Waals surface area contributed by atoms with E-state index in [1.165, 1.54) is 6.42 Å². The SMILES string of the molecule is CC1(C)[C@@H]2CC[C@@]1(C)/C(=N/NC(=O)C1CCN(C(=O)c3ccc(Cl)cc3)CC1)C2. The summed E-state index contributed by atoms with van der Waals surface area (Å²) in [5.74, 6) is 0.566. The third-order valence-electron chi connectivity index (χ3n) is 8.06. The Bertz CT molecular complexity index is 840. The van der Waals surface area contributed by atoms with Crippen LogP contribution < -0.4 is 5.43 Å². The lowest BCUT2D eigenvalue weighted by atomic mass is 9.70. The number of amides is 2. The van der Waals surface area contributed by atoms with Crippen molar-refractivity contribution in [2.24, 2.45) is 27.8 Å². The summed E-state index contributed by atoms with van der Waals surface area (Å²) in [5.41, 5.74) is 5.00. The van der Waals surface area contributed by atoms with E-state index in [2.05, 4.69) is 31.3 Å². The van der Waals surface area contributed by atoms with E-state index < -0.39 is 0 Å². The summed E-state index contributed by atoms with van der Waals surface area (Å²) in [6.45, 7) is 8.14. The molecule has 6 heteroatoms. The first kappa shape index (κ1) is 20.4. The number of likely N-dealkylation sites (tertiary alicyclic amines) is 1. The van der Waals surface area contributed by atoms with E-state index in [-0.39, 0.29) is 28.6 Å². The first-order valence-electron chi connectivity index (χ1n) is 10.6. The van der Waals surface area contributed by atoms with Crippen molar-refractivity contribution in [3.8, 4) is 0 Å². The maximum Gasteiger partial charge on any atom is 0.253 e. The Morgan fingerprint density at radius 2 is 1.76 bits per heavy atom. The number of nitrogens with zero attached hydrogens (tertiary/aromatic N) is 2. The normalized spacial score (nSPS) is 30.0. The third kappa shape index (κ3) is 3.48. The number of fused-ring (bicyclic) bond motifs is 2. The minimum atomic E-state index is -0.0898. The maximum atomic E-state index is 12.7. The molecule has 2 atom stereocenters. The summed E-state index contributed by atoms with van der Waals surface area (Å²) in [6.07, 6.45) is 4.75. The van der Waals surface area contributed by atoms with Gasteiger partial charge in [0.25, 0.3) is 5.91 Å². The van der Waals surface area contributed by atoms with Gasteiger partial charge in [0.2, 0.25) is 5.91 Å². The standard InChI is InChI=1S/C23H30ClN3O2/c1-22(2)17-8-11-23(22,3)19(14-17)25-26-20(28)15-9-12-27(13-10-15)21(29)16-4-6-18(24)7-5-16/h4-7,15,17H,8-14H2,1-3H3,(H,26,28)/b25-19+/t17-,23+/m1/s1. The van der Waals surface area contributed by atoms with Crippen molar-refractivity contribution in [3.63, 3.8) is 0 Å². The molecule has 2 bridgehead atoms. The number of halogens is 1. The van der Waals surface area contributed by atoms with Gasteiger partial charge in [0.15, 0.2) is 0 Å². The van der Waals surface area contributed by atoms with Gasteiger partial charge >= 0.3 is 0 Å². The quantitative estimate of drug-likeness (QED) is 0.738. The zero-order valence-corrected chi connectivity index (χ0v) is 18.3. The molecule has 1 N–H and O–H groups in total. The fourth-order valence-corrected chi connectivity index (χ4v) is 5.56. The summed E-state index contributed by atoms with van der Waals surface area (Å²) in [7, 11) is 0. The zero-order chi connectivity index (χ0) is 20.8. The number of nitrogens with one attached hydrogen (secondary N) is 1. The molecule has 0 aromatic heterocycles. The minimum Gasteiger partial charge on any atom is -0.339 e. The van der Waals surface area contributed by atoms with Gasteiger partial charge in [-0.1, -0.05) is 32.4 Å². The molecule has 4 rings (SSSR count).